The number of halogens is 2. The van der Waals surface area contributed by atoms with Crippen LogP contribution in [0.2, 0.25) is 0 Å². The van der Waals surface area contributed by atoms with Gasteiger partial charge in [-0.3, -0.25) is 19.3 Å². The molecule has 0 atom stereocenters. The molecule has 0 saturated carbocycles. The lowest BCUT2D eigenvalue weighted by Crippen LogP contribution is -2.46. The summed E-state index contributed by atoms with van der Waals surface area (Å²) in [5.74, 6) is -2.02. The zero-order chi connectivity index (χ0) is 24.0. The fourth-order valence-electron chi connectivity index (χ4n) is 4.64. The first-order valence-corrected chi connectivity index (χ1v) is 11.9. The Morgan fingerprint density at radius 2 is 1.64 bits per heavy atom. The van der Waals surface area contributed by atoms with Crippen LogP contribution in [-0.2, 0) is 9.59 Å². The third-order valence-corrected chi connectivity index (χ3v) is 6.67. The molecule has 0 aliphatic carbocycles. The molecule has 2 saturated heterocycles. The molecule has 33 heavy (non-hydrogen) atoms. The number of piperidine rings is 1. The topological polar surface area (TPSA) is 64.2 Å². The average Bonchev–Trinajstić information content (AvgIpc) is 3.04. The minimum absolute atomic E-state index is 0.0898. The zero-order valence-corrected chi connectivity index (χ0v) is 19.6. The Morgan fingerprint density at radius 1 is 0.939 bits per heavy atom. The number of carbonyl (C=O) groups excluding carboxylic acids is 3. The third-order valence-electron chi connectivity index (χ3n) is 6.67. The second kappa shape index (κ2) is 11.5. The first kappa shape index (κ1) is 25.1. The number of amides is 3. The second-order valence-corrected chi connectivity index (χ2v) is 8.71. The van der Waals surface area contributed by atoms with E-state index in [0.717, 1.165) is 25.1 Å². The van der Waals surface area contributed by atoms with E-state index in [1.807, 2.05) is 23.6 Å². The Kier molecular flexibility index (Phi) is 8.77. The number of benzene rings is 1. The summed E-state index contributed by atoms with van der Waals surface area (Å²) in [6.45, 7) is 9.15. The largest absolute Gasteiger partial charge is 0.342 e. The molecule has 9 heteroatoms. The predicted octanol–water partition coefficient (Wildman–Crippen LogP) is 2.22. The van der Waals surface area contributed by atoms with Crippen LogP contribution in [0.4, 0.5) is 8.78 Å². The lowest BCUT2D eigenvalue weighted by Gasteiger charge is -2.34. The molecule has 182 valence electrons. The fourth-order valence-corrected chi connectivity index (χ4v) is 4.64. The summed E-state index contributed by atoms with van der Waals surface area (Å²) in [6, 6.07) is 2.95. The fraction of sp³-hybridized carbons (Fsp3) is 0.625. The molecule has 0 radical (unpaired) electrons. The van der Waals surface area contributed by atoms with Gasteiger partial charge in [-0.15, -0.1) is 0 Å². The molecular weight excluding hydrogens is 430 g/mol. The first-order valence-electron chi connectivity index (χ1n) is 11.9. The van der Waals surface area contributed by atoms with Gasteiger partial charge >= 0.3 is 0 Å². The highest BCUT2D eigenvalue weighted by Crippen LogP contribution is 2.23. The van der Waals surface area contributed by atoms with Gasteiger partial charge in [-0.25, -0.2) is 8.78 Å². The smallest absolute Gasteiger partial charge is 0.256 e. The van der Waals surface area contributed by atoms with E-state index in [2.05, 4.69) is 4.90 Å². The summed E-state index contributed by atoms with van der Waals surface area (Å²) >= 11 is 0. The van der Waals surface area contributed by atoms with Crippen molar-refractivity contribution in [2.45, 2.75) is 33.1 Å². The van der Waals surface area contributed by atoms with Crippen molar-refractivity contribution in [2.75, 3.05) is 58.9 Å². The predicted molar refractivity (Wildman–Crippen MR) is 121 cm³/mol. The Bertz CT molecular complexity index is 854. The molecule has 0 aromatic heterocycles. The Hall–Kier alpha value is -2.55. The highest BCUT2D eigenvalue weighted by molar-refractivity contribution is 5.94. The summed E-state index contributed by atoms with van der Waals surface area (Å²) in [4.78, 5) is 45.5. The molecule has 2 aliphatic rings. The molecule has 0 bridgehead atoms. The van der Waals surface area contributed by atoms with Crippen LogP contribution in [0.5, 0.6) is 0 Å². The first-order chi connectivity index (χ1) is 15.8. The number of likely N-dealkylation sites (N-methyl/N-ethyl adjacent to an activating group) is 1. The van der Waals surface area contributed by atoms with Crippen molar-refractivity contribution in [3.05, 3.63) is 35.4 Å². The van der Waals surface area contributed by atoms with E-state index in [-0.39, 0.29) is 23.3 Å². The monoisotopic (exact) mass is 464 g/mol. The van der Waals surface area contributed by atoms with Crippen LogP contribution in [0.1, 0.15) is 43.5 Å². The van der Waals surface area contributed by atoms with Crippen LogP contribution in [0.15, 0.2) is 18.2 Å². The maximum absolute atomic E-state index is 14.0. The van der Waals surface area contributed by atoms with Crippen LogP contribution in [0.25, 0.3) is 0 Å². The zero-order valence-electron chi connectivity index (χ0n) is 19.6. The van der Waals surface area contributed by atoms with E-state index < -0.39 is 17.5 Å². The minimum Gasteiger partial charge on any atom is -0.342 e. The minimum atomic E-state index is -0.869. The molecular formula is C24H34F2N4O3. The van der Waals surface area contributed by atoms with Gasteiger partial charge in [-0.2, -0.15) is 0 Å². The number of hydrogen-bond donors (Lipinski definition) is 0. The molecule has 2 heterocycles. The van der Waals surface area contributed by atoms with E-state index in [0.29, 0.717) is 71.3 Å². The van der Waals surface area contributed by atoms with E-state index in [9.17, 15) is 23.2 Å². The van der Waals surface area contributed by atoms with Gasteiger partial charge in [-0.05, 0) is 45.2 Å². The molecule has 0 N–H and O–H groups in total. The standard InChI is InChI=1S/C24H34F2N4O3/c1-3-28(4-2)22(31)17-27-10-5-11-29(15-14-27)23(32)18-8-12-30(13-9-18)24(33)20-7-6-19(25)16-21(20)26/h6-7,16,18H,3-5,8-15,17H2,1-2H3. The van der Waals surface area contributed by atoms with Gasteiger partial charge < -0.3 is 14.7 Å². The summed E-state index contributed by atoms with van der Waals surface area (Å²) in [7, 11) is 0. The van der Waals surface area contributed by atoms with Crippen molar-refractivity contribution in [3.8, 4) is 0 Å². The molecule has 3 amide bonds. The van der Waals surface area contributed by atoms with Crippen molar-refractivity contribution in [1.82, 2.24) is 19.6 Å². The van der Waals surface area contributed by atoms with Crippen molar-refractivity contribution in [1.29, 1.82) is 0 Å². The van der Waals surface area contributed by atoms with Crippen molar-refractivity contribution >= 4 is 17.7 Å². The number of nitrogens with zero attached hydrogens (tertiary/aromatic N) is 4. The normalized spacial score (nSPS) is 18.2. The number of carbonyl (C=O) groups is 3. The van der Waals surface area contributed by atoms with Gasteiger partial charge in [0.1, 0.15) is 11.6 Å². The summed E-state index contributed by atoms with van der Waals surface area (Å²) < 4.78 is 27.1. The van der Waals surface area contributed by atoms with E-state index in [4.69, 9.17) is 0 Å². The van der Waals surface area contributed by atoms with E-state index in [1.54, 1.807) is 0 Å². The number of hydrogen-bond acceptors (Lipinski definition) is 4. The van der Waals surface area contributed by atoms with E-state index in [1.165, 1.54) is 4.90 Å². The van der Waals surface area contributed by atoms with Crippen molar-refractivity contribution < 1.29 is 23.2 Å². The van der Waals surface area contributed by atoms with Crippen molar-refractivity contribution in [2.24, 2.45) is 5.92 Å². The van der Waals surface area contributed by atoms with Gasteiger partial charge in [0.25, 0.3) is 5.91 Å². The van der Waals surface area contributed by atoms with Gasteiger partial charge in [-0.1, -0.05) is 0 Å². The molecule has 1 aromatic rings. The van der Waals surface area contributed by atoms with Gasteiger partial charge in [0.2, 0.25) is 11.8 Å². The Labute approximate surface area is 194 Å². The highest BCUT2D eigenvalue weighted by atomic mass is 19.1. The van der Waals surface area contributed by atoms with E-state index >= 15 is 0 Å². The molecule has 2 aliphatic heterocycles. The summed E-state index contributed by atoms with van der Waals surface area (Å²) in [5.41, 5.74) is -0.145. The lowest BCUT2D eigenvalue weighted by molar-refractivity contribution is -0.136. The SMILES string of the molecule is CCN(CC)C(=O)CN1CCCN(C(=O)C2CCN(C(=O)c3ccc(F)cc3F)CC2)CC1. The molecule has 2 fully saturated rings. The molecule has 0 spiro atoms. The van der Waals surface area contributed by atoms with Crippen LogP contribution < -0.4 is 0 Å². The Balaban J connectivity index is 1.49. The number of likely N-dealkylation sites (tertiary alicyclic amines) is 1. The third kappa shape index (κ3) is 6.28. The van der Waals surface area contributed by atoms with Crippen LogP contribution in [0, 0.1) is 17.6 Å². The maximum atomic E-state index is 14.0. The highest BCUT2D eigenvalue weighted by Gasteiger charge is 2.32. The second-order valence-electron chi connectivity index (χ2n) is 8.71. The summed E-state index contributed by atoms with van der Waals surface area (Å²) in [5, 5.41) is 0. The van der Waals surface area contributed by atoms with Crippen LogP contribution >= 0.6 is 0 Å². The van der Waals surface area contributed by atoms with Crippen LogP contribution in [-0.4, -0.2) is 96.2 Å². The Morgan fingerprint density at radius 3 is 2.27 bits per heavy atom. The summed E-state index contributed by atoms with van der Waals surface area (Å²) in [6.07, 6.45) is 1.86. The van der Waals surface area contributed by atoms with Crippen molar-refractivity contribution in [3.63, 3.8) is 0 Å². The average molecular weight is 465 g/mol. The van der Waals surface area contributed by atoms with Crippen LogP contribution in [0.3, 0.4) is 0 Å². The quantitative estimate of drug-likeness (QED) is 0.648. The van der Waals surface area contributed by atoms with Gasteiger partial charge in [0, 0.05) is 64.3 Å². The lowest BCUT2D eigenvalue weighted by atomic mass is 9.94. The molecule has 7 nitrogen and oxygen atoms in total. The number of rotatable bonds is 6. The molecule has 1 aromatic carbocycles. The molecule has 3 rings (SSSR count). The van der Waals surface area contributed by atoms with Gasteiger partial charge in [0.15, 0.2) is 0 Å². The molecule has 0 unspecified atom stereocenters. The maximum Gasteiger partial charge on any atom is 0.256 e. The van der Waals surface area contributed by atoms with Gasteiger partial charge in [0.05, 0.1) is 12.1 Å².